The van der Waals surface area contributed by atoms with Crippen LogP contribution in [-0.4, -0.2) is 43.2 Å². The number of ether oxygens (including phenoxy) is 3. The van der Waals surface area contributed by atoms with Gasteiger partial charge in [0, 0.05) is 24.5 Å². The maximum absolute atomic E-state index is 12.8. The van der Waals surface area contributed by atoms with Crippen molar-refractivity contribution in [3.05, 3.63) is 59.1 Å². The van der Waals surface area contributed by atoms with Crippen molar-refractivity contribution in [2.24, 2.45) is 0 Å². The molecule has 0 unspecified atom stereocenters. The van der Waals surface area contributed by atoms with Crippen molar-refractivity contribution in [3.8, 4) is 27.8 Å². The number of carbonyl (C=O) groups is 1. The molecule has 1 amide bonds. The highest BCUT2D eigenvalue weighted by Crippen LogP contribution is 2.31. The highest BCUT2D eigenvalue weighted by molar-refractivity contribution is 7.13. The molecule has 1 aliphatic heterocycles. The maximum atomic E-state index is 12.8. The van der Waals surface area contributed by atoms with Gasteiger partial charge in [-0.15, -0.1) is 11.3 Å². The maximum Gasteiger partial charge on any atom is 0.273 e. The first-order valence-corrected chi connectivity index (χ1v) is 9.76. The first kappa shape index (κ1) is 18.3. The molecule has 0 saturated carbocycles. The molecule has 2 heterocycles. The van der Waals surface area contributed by atoms with E-state index in [9.17, 15) is 4.79 Å². The Hall–Kier alpha value is -3.06. The lowest BCUT2D eigenvalue weighted by Crippen LogP contribution is -2.26. The normalized spacial score (nSPS) is 12.5. The van der Waals surface area contributed by atoms with E-state index in [0.717, 1.165) is 33.4 Å². The number of hydrogen-bond acceptors (Lipinski definition) is 6. The molecule has 1 aromatic heterocycles. The minimum atomic E-state index is -0.120. The fourth-order valence-corrected chi connectivity index (χ4v) is 3.77. The predicted octanol–water partition coefficient (Wildman–Crippen LogP) is 3.86. The highest BCUT2D eigenvalue weighted by atomic mass is 32.1. The third-order valence-corrected chi connectivity index (χ3v) is 5.32. The third-order valence-electron chi connectivity index (χ3n) is 4.43. The van der Waals surface area contributed by atoms with Gasteiger partial charge in [-0.1, -0.05) is 6.07 Å². The van der Waals surface area contributed by atoms with Gasteiger partial charge in [0.15, 0.2) is 11.5 Å². The Morgan fingerprint density at radius 3 is 2.64 bits per heavy atom. The van der Waals surface area contributed by atoms with Gasteiger partial charge in [-0.25, -0.2) is 4.98 Å². The molecule has 0 saturated heterocycles. The molecule has 28 heavy (non-hydrogen) atoms. The third kappa shape index (κ3) is 3.80. The zero-order chi connectivity index (χ0) is 19.5. The van der Waals surface area contributed by atoms with Crippen LogP contribution in [0, 0.1) is 0 Å². The van der Waals surface area contributed by atoms with E-state index in [4.69, 9.17) is 14.2 Å². The number of nitrogens with zero attached hydrogens (tertiary/aromatic N) is 2. The van der Waals surface area contributed by atoms with Crippen LogP contribution in [0.3, 0.4) is 0 Å². The largest absolute Gasteiger partial charge is 0.497 e. The molecule has 0 radical (unpaired) electrons. The van der Waals surface area contributed by atoms with Gasteiger partial charge in [0.25, 0.3) is 5.91 Å². The molecule has 0 aliphatic carbocycles. The van der Waals surface area contributed by atoms with E-state index in [1.54, 1.807) is 24.4 Å². The lowest BCUT2D eigenvalue weighted by Gasteiger charge is -2.21. The number of benzene rings is 2. The zero-order valence-corrected chi connectivity index (χ0v) is 16.5. The Balaban J connectivity index is 1.46. The predicted molar refractivity (Wildman–Crippen MR) is 107 cm³/mol. The van der Waals surface area contributed by atoms with Crippen molar-refractivity contribution in [2.45, 2.75) is 6.54 Å². The summed E-state index contributed by atoms with van der Waals surface area (Å²) in [5.41, 5.74) is 2.38. The molecule has 0 N–H and O–H groups in total. The summed E-state index contributed by atoms with van der Waals surface area (Å²) in [5.74, 6) is 2.13. The molecule has 4 rings (SSSR count). The molecule has 2 aromatic carbocycles. The second kappa shape index (κ2) is 7.90. The van der Waals surface area contributed by atoms with Crippen LogP contribution in [0.25, 0.3) is 10.6 Å². The van der Waals surface area contributed by atoms with Gasteiger partial charge in [-0.3, -0.25) is 4.79 Å². The smallest absolute Gasteiger partial charge is 0.273 e. The lowest BCUT2D eigenvalue weighted by molar-refractivity contribution is 0.0780. The summed E-state index contributed by atoms with van der Waals surface area (Å²) in [7, 11) is 3.40. The van der Waals surface area contributed by atoms with Crippen molar-refractivity contribution in [1.29, 1.82) is 0 Å². The Morgan fingerprint density at radius 2 is 1.89 bits per heavy atom. The molecule has 6 nitrogen and oxygen atoms in total. The van der Waals surface area contributed by atoms with Crippen LogP contribution in [-0.2, 0) is 6.54 Å². The van der Waals surface area contributed by atoms with Gasteiger partial charge in [0.2, 0.25) is 0 Å². The topological polar surface area (TPSA) is 60.9 Å². The van der Waals surface area contributed by atoms with Crippen LogP contribution in [0.5, 0.6) is 17.2 Å². The minimum absolute atomic E-state index is 0.120. The molecule has 0 atom stereocenters. The van der Waals surface area contributed by atoms with Crippen molar-refractivity contribution < 1.29 is 19.0 Å². The average Bonchev–Trinajstić information content (AvgIpc) is 3.23. The Morgan fingerprint density at radius 1 is 1.14 bits per heavy atom. The number of hydrogen-bond donors (Lipinski definition) is 0. The molecular weight excluding hydrogens is 376 g/mol. The average molecular weight is 396 g/mol. The summed E-state index contributed by atoms with van der Waals surface area (Å²) in [6.45, 7) is 1.56. The zero-order valence-electron chi connectivity index (χ0n) is 15.7. The number of rotatable bonds is 5. The molecule has 144 valence electrons. The minimum Gasteiger partial charge on any atom is -0.497 e. The van der Waals surface area contributed by atoms with Crippen molar-refractivity contribution >= 4 is 17.2 Å². The van der Waals surface area contributed by atoms with Gasteiger partial charge < -0.3 is 19.1 Å². The number of thiazole rings is 1. The summed E-state index contributed by atoms with van der Waals surface area (Å²) >= 11 is 1.45. The molecule has 0 bridgehead atoms. The van der Waals surface area contributed by atoms with Gasteiger partial charge in [0.05, 0.1) is 7.11 Å². The van der Waals surface area contributed by atoms with E-state index in [2.05, 4.69) is 4.98 Å². The fraction of sp³-hybridized carbons (Fsp3) is 0.238. The van der Waals surface area contributed by atoms with Crippen LogP contribution < -0.4 is 14.2 Å². The van der Waals surface area contributed by atoms with Crippen molar-refractivity contribution in [3.63, 3.8) is 0 Å². The monoisotopic (exact) mass is 396 g/mol. The van der Waals surface area contributed by atoms with Crippen LogP contribution in [0.15, 0.2) is 47.8 Å². The van der Waals surface area contributed by atoms with Crippen LogP contribution in [0.2, 0.25) is 0 Å². The van der Waals surface area contributed by atoms with Crippen LogP contribution >= 0.6 is 11.3 Å². The summed E-state index contributed by atoms with van der Waals surface area (Å²) in [5, 5.41) is 2.60. The molecule has 7 heteroatoms. The van der Waals surface area contributed by atoms with E-state index < -0.39 is 0 Å². The van der Waals surface area contributed by atoms with Gasteiger partial charge in [0.1, 0.15) is 29.7 Å². The summed E-state index contributed by atoms with van der Waals surface area (Å²) in [6.07, 6.45) is 0. The highest BCUT2D eigenvalue weighted by Gasteiger charge is 2.18. The SMILES string of the molecule is COc1ccc(-c2nc(C(=O)N(C)Cc3ccc4c(c3)OCCO4)cs2)cc1. The lowest BCUT2D eigenvalue weighted by atomic mass is 10.2. The van der Waals surface area contributed by atoms with Gasteiger partial charge >= 0.3 is 0 Å². The number of fused-ring (bicyclic) bond motifs is 1. The van der Waals surface area contributed by atoms with E-state index in [1.165, 1.54) is 11.3 Å². The summed E-state index contributed by atoms with van der Waals surface area (Å²) < 4.78 is 16.3. The molecular formula is C21H20N2O4S. The van der Waals surface area contributed by atoms with E-state index >= 15 is 0 Å². The standard InChI is InChI=1S/C21H20N2O4S/c1-23(12-14-3-8-18-19(11-14)27-10-9-26-18)21(24)17-13-28-20(22-17)15-4-6-16(25-2)7-5-15/h3-8,11,13H,9-10,12H2,1-2H3. The summed E-state index contributed by atoms with van der Waals surface area (Å²) in [4.78, 5) is 18.9. The summed E-state index contributed by atoms with van der Waals surface area (Å²) in [6, 6.07) is 13.4. The second-order valence-electron chi connectivity index (χ2n) is 6.41. The van der Waals surface area contributed by atoms with Gasteiger partial charge in [-0.2, -0.15) is 0 Å². The molecule has 1 aliphatic rings. The van der Waals surface area contributed by atoms with Crippen molar-refractivity contribution in [2.75, 3.05) is 27.4 Å². The van der Waals surface area contributed by atoms with Crippen LogP contribution in [0.4, 0.5) is 0 Å². The second-order valence-corrected chi connectivity index (χ2v) is 7.26. The molecule has 0 fully saturated rings. The Bertz CT molecular complexity index is 984. The van der Waals surface area contributed by atoms with E-state index in [0.29, 0.717) is 25.5 Å². The van der Waals surface area contributed by atoms with E-state index in [1.807, 2.05) is 42.5 Å². The van der Waals surface area contributed by atoms with E-state index in [-0.39, 0.29) is 5.91 Å². The number of amides is 1. The number of methoxy groups -OCH3 is 1. The number of aromatic nitrogens is 1. The van der Waals surface area contributed by atoms with Crippen molar-refractivity contribution in [1.82, 2.24) is 9.88 Å². The Kier molecular flexibility index (Phi) is 5.16. The molecule has 0 spiro atoms. The number of carbonyl (C=O) groups excluding carboxylic acids is 1. The van der Waals surface area contributed by atoms with Gasteiger partial charge in [-0.05, 0) is 42.0 Å². The first-order chi connectivity index (χ1) is 13.6. The molecule has 3 aromatic rings. The van der Waals surface area contributed by atoms with Crippen LogP contribution in [0.1, 0.15) is 16.1 Å². The Labute approximate surface area is 167 Å². The fourth-order valence-electron chi connectivity index (χ4n) is 2.97. The first-order valence-electron chi connectivity index (χ1n) is 8.88. The quantitative estimate of drug-likeness (QED) is 0.655.